The molecule has 0 bridgehead atoms. The molecule has 0 saturated heterocycles. The molecule has 1 unspecified atom stereocenters. The van der Waals surface area contributed by atoms with Crippen LogP contribution in [0.25, 0.3) is 0 Å². The largest absolute Gasteiger partial charge is 0.481 e. The summed E-state index contributed by atoms with van der Waals surface area (Å²) in [6, 6.07) is -0.761. The number of aliphatic carboxylic acids is 1. The molecule has 3 atom stereocenters. The number of hydrogen-bond acceptors (Lipinski definition) is 3. The number of nitrogens with one attached hydrogen (secondary N) is 1. The van der Waals surface area contributed by atoms with Gasteiger partial charge < -0.3 is 16.2 Å². The van der Waals surface area contributed by atoms with Crippen molar-refractivity contribution in [3.8, 4) is 0 Å². The molecule has 2 amide bonds. The molecule has 0 aromatic rings. The van der Waals surface area contributed by atoms with Gasteiger partial charge in [-0.15, -0.1) is 0 Å². The van der Waals surface area contributed by atoms with Crippen molar-refractivity contribution in [3.63, 3.8) is 0 Å². The van der Waals surface area contributed by atoms with Crippen LogP contribution in [0.2, 0.25) is 0 Å². The molecule has 18 heavy (non-hydrogen) atoms. The van der Waals surface area contributed by atoms with Crippen LogP contribution >= 0.6 is 0 Å². The van der Waals surface area contributed by atoms with Crippen molar-refractivity contribution in [3.05, 3.63) is 0 Å². The van der Waals surface area contributed by atoms with E-state index in [0.29, 0.717) is 0 Å². The first-order valence-corrected chi connectivity index (χ1v) is 5.93. The van der Waals surface area contributed by atoms with Crippen LogP contribution in [0.5, 0.6) is 0 Å². The lowest BCUT2D eigenvalue weighted by Crippen LogP contribution is -2.48. The summed E-state index contributed by atoms with van der Waals surface area (Å²) in [7, 11) is 0. The number of hydrogen-bond donors (Lipinski definition) is 3. The molecule has 6 heteroatoms. The van der Waals surface area contributed by atoms with Crippen molar-refractivity contribution in [2.75, 3.05) is 0 Å². The summed E-state index contributed by atoms with van der Waals surface area (Å²) in [6.45, 7) is 6.99. The molecule has 1 saturated carbocycles. The Bertz CT molecular complexity index is 390. The lowest BCUT2D eigenvalue weighted by molar-refractivity contribution is -0.140. The summed E-state index contributed by atoms with van der Waals surface area (Å²) in [5.74, 6) is -3.43. The van der Waals surface area contributed by atoms with Crippen LogP contribution in [-0.2, 0) is 14.4 Å². The zero-order valence-electron chi connectivity index (χ0n) is 11.1. The molecule has 6 nitrogen and oxygen atoms in total. The Hall–Kier alpha value is -1.59. The Kier molecular flexibility index (Phi) is 3.69. The number of amides is 2. The topological polar surface area (TPSA) is 109 Å². The van der Waals surface area contributed by atoms with E-state index >= 15 is 0 Å². The normalized spacial score (nSPS) is 26.5. The Balaban J connectivity index is 2.73. The fourth-order valence-corrected chi connectivity index (χ4v) is 2.40. The van der Waals surface area contributed by atoms with E-state index in [9.17, 15) is 14.4 Å². The molecule has 1 aliphatic carbocycles. The minimum atomic E-state index is -0.986. The summed E-state index contributed by atoms with van der Waals surface area (Å²) < 4.78 is 0. The molecule has 0 aromatic carbocycles. The number of carboxylic acids is 1. The number of carboxylic acid groups (broad SMARTS) is 1. The first-order chi connectivity index (χ1) is 8.10. The van der Waals surface area contributed by atoms with Crippen molar-refractivity contribution < 1.29 is 19.5 Å². The van der Waals surface area contributed by atoms with E-state index in [1.54, 1.807) is 27.7 Å². The number of carbonyl (C=O) groups is 3. The maximum atomic E-state index is 12.0. The van der Waals surface area contributed by atoms with Gasteiger partial charge in [-0.05, 0) is 11.3 Å². The van der Waals surface area contributed by atoms with Crippen LogP contribution in [0.15, 0.2) is 0 Å². The van der Waals surface area contributed by atoms with Gasteiger partial charge in [0.2, 0.25) is 11.8 Å². The zero-order valence-corrected chi connectivity index (χ0v) is 11.1. The van der Waals surface area contributed by atoms with Gasteiger partial charge in [0.15, 0.2) is 0 Å². The summed E-state index contributed by atoms with van der Waals surface area (Å²) in [5.41, 5.74) is 4.62. The third kappa shape index (κ3) is 2.47. The summed E-state index contributed by atoms with van der Waals surface area (Å²) in [5, 5.41) is 11.5. The Morgan fingerprint density at radius 1 is 1.22 bits per heavy atom. The van der Waals surface area contributed by atoms with Crippen molar-refractivity contribution >= 4 is 17.8 Å². The second-order valence-electron chi connectivity index (χ2n) is 5.75. The molecule has 102 valence electrons. The van der Waals surface area contributed by atoms with Crippen molar-refractivity contribution in [1.29, 1.82) is 0 Å². The molecule has 0 aliphatic heterocycles. The lowest BCUT2D eigenvalue weighted by Gasteiger charge is -2.19. The first kappa shape index (κ1) is 14.5. The average molecular weight is 256 g/mol. The van der Waals surface area contributed by atoms with Gasteiger partial charge in [-0.2, -0.15) is 0 Å². The first-order valence-electron chi connectivity index (χ1n) is 5.93. The fraction of sp³-hybridized carbons (Fsp3) is 0.750. The van der Waals surface area contributed by atoms with Crippen LogP contribution in [0.3, 0.4) is 0 Å². The van der Waals surface area contributed by atoms with Gasteiger partial charge in [0.05, 0.1) is 11.8 Å². The highest BCUT2D eigenvalue weighted by Gasteiger charge is 2.66. The summed E-state index contributed by atoms with van der Waals surface area (Å²) >= 11 is 0. The highest BCUT2D eigenvalue weighted by molar-refractivity contribution is 5.94. The zero-order chi connectivity index (χ0) is 14.2. The summed E-state index contributed by atoms with van der Waals surface area (Å²) in [4.78, 5) is 34.1. The Labute approximate surface area is 106 Å². The monoisotopic (exact) mass is 256 g/mol. The number of rotatable bonds is 5. The van der Waals surface area contributed by atoms with Gasteiger partial charge >= 0.3 is 5.97 Å². The van der Waals surface area contributed by atoms with Gasteiger partial charge in [0, 0.05) is 0 Å². The van der Waals surface area contributed by atoms with Crippen LogP contribution < -0.4 is 11.1 Å². The molecular weight excluding hydrogens is 236 g/mol. The van der Waals surface area contributed by atoms with E-state index < -0.39 is 41.1 Å². The maximum Gasteiger partial charge on any atom is 0.307 e. The van der Waals surface area contributed by atoms with E-state index in [4.69, 9.17) is 10.8 Å². The lowest BCUT2D eigenvalue weighted by atomic mass is 10.0. The van der Waals surface area contributed by atoms with Gasteiger partial charge in [-0.1, -0.05) is 27.7 Å². The Morgan fingerprint density at radius 3 is 2.00 bits per heavy atom. The molecular formula is C12H20N2O4. The highest BCUT2D eigenvalue weighted by atomic mass is 16.4. The summed E-state index contributed by atoms with van der Waals surface area (Å²) in [6.07, 6.45) is 0. The van der Waals surface area contributed by atoms with Crippen molar-refractivity contribution in [2.24, 2.45) is 28.9 Å². The minimum Gasteiger partial charge on any atom is -0.481 e. The molecule has 0 spiro atoms. The van der Waals surface area contributed by atoms with Gasteiger partial charge in [-0.25, -0.2) is 0 Å². The van der Waals surface area contributed by atoms with Crippen LogP contribution in [0.4, 0.5) is 0 Å². The standard InChI is InChI=1S/C12H20N2O4/c1-5(2)8(9(13)15)14-10(16)6-7(11(17)18)12(6,3)4/h5-8H,1-4H3,(H2,13,15)(H,14,16)(H,17,18)/t6-,7+,8?/m1/s1. The predicted molar refractivity (Wildman–Crippen MR) is 64.4 cm³/mol. The number of carbonyl (C=O) groups excluding carboxylic acids is 2. The Morgan fingerprint density at radius 2 is 1.72 bits per heavy atom. The SMILES string of the molecule is CC(C)C(NC(=O)[C@H]1[C@@H](C(=O)O)C1(C)C)C(N)=O. The molecule has 0 radical (unpaired) electrons. The average Bonchev–Trinajstić information content (AvgIpc) is 2.76. The third-order valence-corrected chi connectivity index (χ3v) is 3.65. The molecule has 1 fully saturated rings. The second kappa shape index (κ2) is 4.59. The van der Waals surface area contributed by atoms with E-state index in [-0.39, 0.29) is 5.92 Å². The van der Waals surface area contributed by atoms with Gasteiger partial charge in [-0.3, -0.25) is 14.4 Å². The highest BCUT2D eigenvalue weighted by Crippen LogP contribution is 2.58. The predicted octanol–water partition coefficient (Wildman–Crippen LogP) is -0.0307. The van der Waals surface area contributed by atoms with E-state index in [1.807, 2.05) is 0 Å². The smallest absolute Gasteiger partial charge is 0.307 e. The number of nitrogens with two attached hydrogens (primary N) is 1. The quantitative estimate of drug-likeness (QED) is 0.641. The van der Waals surface area contributed by atoms with Gasteiger partial charge in [0.1, 0.15) is 6.04 Å². The molecule has 4 N–H and O–H groups in total. The van der Waals surface area contributed by atoms with E-state index in [1.165, 1.54) is 0 Å². The van der Waals surface area contributed by atoms with E-state index in [2.05, 4.69) is 5.32 Å². The molecule has 1 aliphatic rings. The van der Waals surface area contributed by atoms with E-state index in [0.717, 1.165) is 0 Å². The third-order valence-electron chi connectivity index (χ3n) is 3.65. The van der Waals surface area contributed by atoms with Crippen LogP contribution in [0.1, 0.15) is 27.7 Å². The molecule has 0 aromatic heterocycles. The number of primary amides is 1. The van der Waals surface area contributed by atoms with Gasteiger partial charge in [0.25, 0.3) is 0 Å². The van der Waals surface area contributed by atoms with Crippen molar-refractivity contribution in [1.82, 2.24) is 5.32 Å². The minimum absolute atomic E-state index is 0.128. The van der Waals surface area contributed by atoms with Crippen molar-refractivity contribution in [2.45, 2.75) is 33.7 Å². The fourth-order valence-electron chi connectivity index (χ4n) is 2.40. The van der Waals surface area contributed by atoms with Crippen LogP contribution in [-0.4, -0.2) is 28.9 Å². The molecule has 0 heterocycles. The van der Waals surface area contributed by atoms with Crippen LogP contribution in [0, 0.1) is 23.2 Å². The molecule has 1 rings (SSSR count). The second-order valence-corrected chi connectivity index (χ2v) is 5.75. The maximum absolute atomic E-state index is 12.0.